The SMILES string of the molecule is O=C(O)C1C[C@H]2C=C[C@@H]1C2. The summed E-state index contributed by atoms with van der Waals surface area (Å²) < 4.78 is 0. The average molecular weight is 138 g/mol. The van der Waals surface area contributed by atoms with Gasteiger partial charge in [-0.25, -0.2) is 0 Å². The lowest BCUT2D eigenvalue weighted by Crippen LogP contribution is -2.17. The third-order valence-electron chi connectivity index (χ3n) is 2.60. The van der Waals surface area contributed by atoms with Crippen molar-refractivity contribution in [3.05, 3.63) is 12.2 Å². The van der Waals surface area contributed by atoms with Gasteiger partial charge in [0.2, 0.25) is 0 Å². The monoisotopic (exact) mass is 138 g/mol. The summed E-state index contributed by atoms with van der Waals surface area (Å²) in [4.78, 5) is 10.6. The van der Waals surface area contributed by atoms with Gasteiger partial charge in [0.1, 0.15) is 0 Å². The molecule has 0 spiro atoms. The highest BCUT2D eigenvalue weighted by Gasteiger charge is 2.39. The number of rotatable bonds is 1. The van der Waals surface area contributed by atoms with Crippen molar-refractivity contribution in [2.24, 2.45) is 17.8 Å². The van der Waals surface area contributed by atoms with Gasteiger partial charge in [0.25, 0.3) is 0 Å². The van der Waals surface area contributed by atoms with Crippen molar-refractivity contribution in [2.75, 3.05) is 0 Å². The second kappa shape index (κ2) is 1.84. The Labute approximate surface area is 59.5 Å². The number of carbonyl (C=O) groups is 1. The van der Waals surface area contributed by atoms with Crippen LogP contribution < -0.4 is 0 Å². The summed E-state index contributed by atoms with van der Waals surface area (Å²) in [7, 11) is 0. The Kier molecular flexibility index (Phi) is 1.10. The van der Waals surface area contributed by atoms with E-state index in [0.29, 0.717) is 11.8 Å². The molecule has 1 saturated carbocycles. The molecule has 2 heteroatoms. The van der Waals surface area contributed by atoms with E-state index in [1.165, 1.54) is 0 Å². The molecule has 0 amide bonds. The zero-order valence-electron chi connectivity index (χ0n) is 5.66. The van der Waals surface area contributed by atoms with E-state index in [0.717, 1.165) is 12.8 Å². The predicted molar refractivity (Wildman–Crippen MR) is 36.5 cm³/mol. The van der Waals surface area contributed by atoms with E-state index in [-0.39, 0.29) is 5.92 Å². The van der Waals surface area contributed by atoms with E-state index in [2.05, 4.69) is 12.2 Å². The van der Waals surface area contributed by atoms with Crippen LogP contribution in [0.1, 0.15) is 12.8 Å². The van der Waals surface area contributed by atoms with Crippen molar-refractivity contribution >= 4 is 5.97 Å². The minimum atomic E-state index is -0.614. The van der Waals surface area contributed by atoms with E-state index >= 15 is 0 Å². The van der Waals surface area contributed by atoms with Crippen LogP contribution in [0.5, 0.6) is 0 Å². The van der Waals surface area contributed by atoms with Crippen LogP contribution >= 0.6 is 0 Å². The Morgan fingerprint density at radius 2 is 2.20 bits per heavy atom. The second-order valence-corrected chi connectivity index (χ2v) is 3.22. The van der Waals surface area contributed by atoms with Gasteiger partial charge in [0.15, 0.2) is 0 Å². The highest BCUT2D eigenvalue weighted by molar-refractivity contribution is 5.71. The second-order valence-electron chi connectivity index (χ2n) is 3.22. The van der Waals surface area contributed by atoms with E-state index in [9.17, 15) is 4.79 Å². The van der Waals surface area contributed by atoms with Gasteiger partial charge in [-0.2, -0.15) is 0 Å². The van der Waals surface area contributed by atoms with Gasteiger partial charge in [-0.05, 0) is 24.7 Å². The smallest absolute Gasteiger partial charge is 0.307 e. The predicted octanol–water partition coefficient (Wildman–Crippen LogP) is 1.28. The summed E-state index contributed by atoms with van der Waals surface area (Å²) in [5.41, 5.74) is 0. The molecule has 1 fully saturated rings. The molecule has 0 radical (unpaired) electrons. The first-order valence-electron chi connectivity index (χ1n) is 3.68. The van der Waals surface area contributed by atoms with Crippen molar-refractivity contribution < 1.29 is 9.90 Å². The summed E-state index contributed by atoms with van der Waals surface area (Å²) in [6.07, 6.45) is 6.17. The molecule has 3 atom stereocenters. The van der Waals surface area contributed by atoms with Gasteiger partial charge in [-0.1, -0.05) is 12.2 Å². The lowest BCUT2D eigenvalue weighted by Gasteiger charge is -2.11. The summed E-state index contributed by atoms with van der Waals surface area (Å²) in [6.45, 7) is 0. The molecule has 1 N–H and O–H groups in total. The molecule has 1 unspecified atom stereocenters. The van der Waals surface area contributed by atoms with Gasteiger partial charge in [0, 0.05) is 0 Å². The molecule has 2 aliphatic carbocycles. The number of hydrogen-bond donors (Lipinski definition) is 1. The lowest BCUT2D eigenvalue weighted by molar-refractivity contribution is -0.142. The molecule has 2 nitrogen and oxygen atoms in total. The maximum Gasteiger partial charge on any atom is 0.307 e. The fraction of sp³-hybridized carbons (Fsp3) is 0.625. The molecule has 54 valence electrons. The van der Waals surface area contributed by atoms with Crippen LogP contribution in [0.3, 0.4) is 0 Å². The zero-order chi connectivity index (χ0) is 7.14. The fourth-order valence-corrected chi connectivity index (χ4v) is 2.06. The van der Waals surface area contributed by atoms with Gasteiger partial charge in [-0.3, -0.25) is 4.79 Å². The van der Waals surface area contributed by atoms with Crippen LogP contribution in [0.15, 0.2) is 12.2 Å². The first-order valence-corrected chi connectivity index (χ1v) is 3.68. The molecule has 0 aromatic carbocycles. The first-order chi connectivity index (χ1) is 4.77. The molecule has 2 bridgehead atoms. The van der Waals surface area contributed by atoms with E-state index in [1.54, 1.807) is 0 Å². The van der Waals surface area contributed by atoms with Gasteiger partial charge in [0.05, 0.1) is 5.92 Å². The molecule has 2 aliphatic rings. The molecular formula is C8H10O2. The van der Waals surface area contributed by atoms with E-state index in [4.69, 9.17) is 5.11 Å². The van der Waals surface area contributed by atoms with E-state index in [1.807, 2.05) is 0 Å². The molecule has 0 saturated heterocycles. The third-order valence-corrected chi connectivity index (χ3v) is 2.60. The van der Waals surface area contributed by atoms with Gasteiger partial charge >= 0.3 is 5.97 Å². The van der Waals surface area contributed by atoms with Crippen molar-refractivity contribution in [1.29, 1.82) is 0 Å². The Morgan fingerprint density at radius 3 is 2.50 bits per heavy atom. The van der Waals surface area contributed by atoms with Crippen LogP contribution in [0, 0.1) is 17.8 Å². The Bertz CT molecular complexity index is 195. The van der Waals surface area contributed by atoms with Gasteiger partial charge < -0.3 is 5.11 Å². The normalized spacial score (nSPS) is 42.6. The van der Waals surface area contributed by atoms with Gasteiger partial charge in [-0.15, -0.1) is 0 Å². The van der Waals surface area contributed by atoms with Crippen molar-refractivity contribution in [3.8, 4) is 0 Å². The number of carboxylic acid groups (broad SMARTS) is 1. The van der Waals surface area contributed by atoms with Crippen LogP contribution in [0.2, 0.25) is 0 Å². The molecule has 10 heavy (non-hydrogen) atoms. The number of aliphatic carboxylic acids is 1. The maximum atomic E-state index is 10.6. The van der Waals surface area contributed by atoms with Crippen LogP contribution in [-0.4, -0.2) is 11.1 Å². The van der Waals surface area contributed by atoms with Crippen molar-refractivity contribution in [3.63, 3.8) is 0 Å². The Morgan fingerprint density at radius 1 is 1.40 bits per heavy atom. The van der Waals surface area contributed by atoms with Crippen molar-refractivity contribution in [2.45, 2.75) is 12.8 Å². The summed E-state index contributed by atoms with van der Waals surface area (Å²) in [5.74, 6) is 0.237. The van der Waals surface area contributed by atoms with Crippen LogP contribution in [0.25, 0.3) is 0 Å². The summed E-state index contributed by atoms with van der Waals surface area (Å²) in [5, 5.41) is 8.70. The van der Waals surface area contributed by atoms with Crippen LogP contribution in [0.4, 0.5) is 0 Å². The summed E-state index contributed by atoms with van der Waals surface area (Å²) >= 11 is 0. The maximum absolute atomic E-state index is 10.6. The molecule has 0 aromatic heterocycles. The number of carboxylic acids is 1. The summed E-state index contributed by atoms with van der Waals surface area (Å²) in [6, 6.07) is 0. The Balaban J connectivity index is 2.16. The standard InChI is InChI=1S/C8H10O2/c9-8(10)7-4-5-1-2-6(7)3-5/h1-2,5-7H,3-4H2,(H,9,10)/t5-,6+,7?/m0/s1. The molecule has 0 aromatic rings. The largest absolute Gasteiger partial charge is 0.481 e. The molecule has 2 rings (SSSR count). The highest BCUT2D eigenvalue weighted by atomic mass is 16.4. The topological polar surface area (TPSA) is 37.3 Å². The quantitative estimate of drug-likeness (QED) is 0.554. The average Bonchev–Trinajstić information content (AvgIpc) is 2.44. The van der Waals surface area contributed by atoms with Crippen LogP contribution in [-0.2, 0) is 4.79 Å². The minimum absolute atomic E-state index is 0.0741. The molecule has 0 aliphatic heterocycles. The number of allylic oxidation sites excluding steroid dienone is 2. The third kappa shape index (κ3) is 0.681. The Hall–Kier alpha value is -0.790. The molecular weight excluding hydrogens is 128 g/mol. The number of fused-ring (bicyclic) bond motifs is 2. The minimum Gasteiger partial charge on any atom is -0.481 e. The molecule has 0 heterocycles. The fourth-order valence-electron chi connectivity index (χ4n) is 2.06. The highest BCUT2D eigenvalue weighted by Crippen LogP contribution is 2.43. The zero-order valence-corrected chi connectivity index (χ0v) is 5.66. The first kappa shape index (κ1) is 5.96. The van der Waals surface area contributed by atoms with Crippen molar-refractivity contribution in [1.82, 2.24) is 0 Å². The van der Waals surface area contributed by atoms with E-state index < -0.39 is 5.97 Å². The lowest BCUT2D eigenvalue weighted by atomic mass is 9.94. The number of hydrogen-bond acceptors (Lipinski definition) is 1.